The van der Waals surface area contributed by atoms with Gasteiger partial charge in [0.05, 0.1) is 4.92 Å². The van der Waals surface area contributed by atoms with Crippen molar-refractivity contribution in [1.29, 1.82) is 0 Å². The second kappa shape index (κ2) is 5.62. The number of nitrogens with two attached hydrogens (primary N) is 1. The van der Waals surface area contributed by atoms with Crippen molar-refractivity contribution in [2.45, 2.75) is 13.8 Å². The third-order valence-corrected chi connectivity index (χ3v) is 3.14. The van der Waals surface area contributed by atoms with Crippen LogP contribution in [0.15, 0.2) is 36.4 Å². The summed E-state index contributed by atoms with van der Waals surface area (Å²) in [5.41, 5.74) is 8.34. The number of hydrogen-bond acceptors (Lipinski definition) is 4. The second-order valence-corrected chi connectivity index (χ2v) is 4.80. The number of rotatable bonds is 3. The van der Waals surface area contributed by atoms with E-state index in [0.717, 1.165) is 11.1 Å². The molecule has 0 fully saturated rings. The van der Waals surface area contributed by atoms with Crippen molar-refractivity contribution >= 4 is 23.0 Å². The fraction of sp³-hybridized carbons (Fsp3) is 0.133. The van der Waals surface area contributed by atoms with Gasteiger partial charge in [0, 0.05) is 17.3 Å². The number of nitro groups is 1. The maximum Gasteiger partial charge on any atom is 0.292 e. The molecule has 0 unspecified atom stereocenters. The van der Waals surface area contributed by atoms with E-state index in [1.807, 2.05) is 6.92 Å². The summed E-state index contributed by atoms with van der Waals surface area (Å²) in [7, 11) is 0. The van der Waals surface area contributed by atoms with Crippen molar-refractivity contribution < 1.29 is 9.72 Å². The van der Waals surface area contributed by atoms with Crippen LogP contribution in [0.25, 0.3) is 0 Å². The van der Waals surface area contributed by atoms with Crippen LogP contribution in [0.2, 0.25) is 0 Å². The van der Waals surface area contributed by atoms with Crippen LogP contribution in [-0.2, 0) is 0 Å². The monoisotopic (exact) mass is 285 g/mol. The number of nitrogens with one attached hydrogen (secondary N) is 1. The molecular formula is C15H15N3O3. The third kappa shape index (κ3) is 3.17. The van der Waals surface area contributed by atoms with Crippen molar-refractivity contribution in [2.24, 2.45) is 0 Å². The summed E-state index contributed by atoms with van der Waals surface area (Å²) >= 11 is 0. The second-order valence-electron chi connectivity index (χ2n) is 4.80. The highest BCUT2D eigenvalue weighted by atomic mass is 16.6. The number of anilines is 2. The van der Waals surface area contributed by atoms with E-state index in [2.05, 4.69) is 5.32 Å². The average Bonchev–Trinajstić information content (AvgIpc) is 2.41. The fourth-order valence-electron chi connectivity index (χ4n) is 1.89. The Hall–Kier alpha value is -2.89. The van der Waals surface area contributed by atoms with Gasteiger partial charge in [-0.15, -0.1) is 0 Å². The van der Waals surface area contributed by atoms with Crippen molar-refractivity contribution in [3.63, 3.8) is 0 Å². The van der Waals surface area contributed by atoms with E-state index in [9.17, 15) is 14.9 Å². The number of amides is 1. The van der Waals surface area contributed by atoms with Gasteiger partial charge in [-0.25, -0.2) is 0 Å². The minimum absolute atomic E-state index is 0.144. The van der Waals surface area contributed by atoms with Crippen LogP contribution >= 0.6 is 0 Å². The highest BCUT2D eigenvalue weighted by molar-refractivity contribution is 6.06. The predicted molar refractivity (Wildman–Crippen MR) is 81.4 cm³/mol. The molecule has 0 atom stereocenters. The van der Waals surface area contributed by atoms with Gasteiger partial charge in [0.25, 0.3) is 11.6 Å². The molecule has 2 rings (SSSR count). The summed E-state index contributed by atoms with van der Waals surface area (Å²) in [4.78, 5) is 22.6. The molecule has 6 nitrogen and oxygen atoms in total. The number of carbonyl (C=O) groups is 1. The Morgan fingerprint density at radius 2 is 1.90 bits per heavy atom. The van der Waals surface area contributed by atoms with Gasteiger partial charge in [-0.05, 0) is 43.2 Å². The minimum atomic E-state index is -0.529. The Morgan fingerprint density at radius 1 is 1.19 bits per heavy atom. The molecule has 0 aromatic heterocycles. The standard InChI is InChI=1S/C15H15N3O3/c1-9-3-6-14(18(20)21)13(7-9)17-15(19)11-5-4-10(2)12(16)8-11/h3-8H,16H2,1-2H3,(H,17,19). The van der Waals surface area contributed by atoms with Crippen LogP contribution in [0.3, 0.4) is 0 Å². The van der Waals surface area contributed by atoms with Gasteiger partial charge in [-0.3, -0.25) is 14.9 Å². The summed E-state index contributed by atoms with van der Waals surface area (Å²) in [6, 6.07) is 9.46. The maximum absolute atomic E-state index is 12.2. The average molecular weight is 285 g/mol. The summed E-state index contributed by atoms with van der Waals surface area (Å²) in [5, 5.41) is 13.5. The van der Waals surface area contributed by atoms with Gasteiger partial charge in [0.15, 0.2) is 0 Å². The van der Waals surface area contributed by atoms with Gasteiger partial charge in [-0.1, -0.05) is 12.1 Å². The Labute approximate surface area is 121 Å². The number of nitro benzene ring substituents is 1. The molecule has 108 valence electrons. The van der Waals surface area contributed by atoms with E-state index in [1.165, 1.54) is 6.07 Å². The lowest BCUT2D eigenvalue weighted by atomic mass is 10.1. The smallest absolute Gasteiger partial charge is 0.292 e. The Kier molecular flexibility index (Phi) is 3.89. The zero-order valence-corrected chi connectivity index (χ0v) is 11.7. The fourth-order valence-corrected chi connectivity index (χ4v) is 1.89. The lowest BCUT2D eigenvalue weighted by Gasteiger charge is -2.08. The zero-order valence-electron chi connectivity index (χ0n) is 11.7. The number of nitrogens with zero attached hydrogens (tertiary/aromatic N) is 1. The first-order valence-corrected chi connectivity index (χ1v) is 6.31. The molecule has 1 amide bonds. The molecule has 3 N–H and O–H groups in total. The predicted octanol–water partition coefficient (Wildman–Crippen LogP) is 3.05. The van der Waals surface area contributed by atoms with Crippen molar-refractivity contribution in [3.8, 4) is 0 Å². The van der Waals surface area contributed by atoms with Crippen molar-refractivity contribution in [3.05, 3.63) is 63.2 Å². The van der Waals surface area contributed by atoms with Crippen LogP contribution in [0.5, 0.6) is 0 Å². The number of aryl methyl sites for hydroxylation is 2. The van der Waals surface area contributed by atoms with Gasteiger partial charge >= 0.3 is 0 Å². The molecule has 0 aliphatic heterocycles. The Morgan fingerprint density at radius 3 is 2.52 bits per heavy atom. The highest BCUT2D eigenvalue weighted by Gasteiger charge is 2.16. The van der Waals surface area contributed by atoms with Gasteiger partial charge in [-0.2, -0.15) is 0 Å². The lowest BCUT2D eigenvalue weighted by molar-refractivity contribution is -0.383. The Balaban J connectivity index is 2.33. The largest absolute Gasteiger partial charge is 0.398 e. The molecule has 2 aromatic rings. The van der Waals surface area contributed by atoms with Crippen molar-refractivity contribution in [2.75, 3.05) is 11.1 Å². The quantitative estimate of drug-likeness (QED) is 0.514. The first-order valence-electron chi connectivity index (χ1n) is 6.31. The van der Waals surface area contributed by atoms with Crippen LogP contribution < -0.4 is 11.1 Å². The molecule has 6 heteroatoms. The number of benzene rings is 2. The summed E-state index contributed by atoms with van der Waals surface area (Å²) in [5.74, 6) is -0.435. The molecule has 21 heavy (non-hydrogen) atoms. The lowest BCUT2D eigenvalue weighted by Crippen LogP contribution is -2.13. The van der Waals surface area contributed by atoms with Crippen LogP contribution in [-0.4, -0.2) is 10.8 Å². The summed E-state index contributed by atoms with van der Waals surface area (Å²) < 4.78 is 0. The topological polar surface area (TPSA) is 98.3 Å². The van der Waals surface area contributed by atoms with E-state index in [-0.39, 0.29) is 11.4 Å². The first kappa shape index (κ1) is 14.5. The number of carbonyl (C=O) groups excluding carboxylic acids is 1. The van der Waals surface area contributed by atoms with E-state index in [4.69, 9.17) is 5.73 Å². The molecule has 0 heterocycles. The van der Waals surface area contributed by atoms with E-state index in [1.54, 1.807) is 37.3 Å². The van der Waals surface area contributed by atoms with Gasteiger partial charge in [0.1, 0.15) is 5.69 Å². The first-order chi connectivity index (χ1) is 9.88. The number of nitrogen functional groups attached to an aromatic ring is 1. The molecule has 0 spiro atoms. The molecule has 0 bridgehead atoms. The van der Waals surface area contributed by atoms with Gasteiger partial charge < -0.3 is 11.1 Å². The minimum Gasteiger partial charge on any atom is -0.398 e. The van der Waals surface area contributed by atoms with Crippen LogP contribution in [0, 0.1) is 24.0 Å². The molecule has 2 aromatic carbocycles. The van der Waals surface area contributed by atoms with Crippen LogP contribution in [0.1, 0.15) is 21.5 Å². The Bertz CT molecular complexity index is 726. The molecule has 0 saturated heterocycles. The molecular weight excluding hydrogens is 270 g/mol. The molecule has 0 saturated carbocycles. The highest BCUT2D eigenvalue weighted by Crippen LogP contribution is 2.26. The van der Waals surface area contributed by atoms with Crippen LogP contribution in [0.4, 0.5) is 17.1 Å². The molecule has 0 aliphatic carbocycles. The maximum atomic E-state index is 12.2. The number of hydrogen-bond donors (Lipinski definition) is 2. The van der Waals surface area contributed by atoms with Gasteiger partial charge in [0.2, 0.25) is 0 Å². The SMILES string of the molecule is Cc1ccc([N+](=O)[O-])c(NC(=O)c2ccc(C)c(N)c2)c1. The molecule has 0 radical (unpaired) electrons. The summed E-state index contributed by atoms with van der Waals surface area (Å²) in [6.07, 6.45) is 0. The summed E-state index contributed by atoms with van der Waals surface area (Å²) in [6.45, 7) is 3.63. The normalized spacial score (nSPS) is 10.2. The van der Waals surface area contributed by atoms with E-state index < -0.39 is 10.8 Å². The van der Waals surface area contributed by atoms with E-state index >= 15 is 0 Å². The van der Waals surface area contributed by atoms with Crippen molar-refractivity contribution in [1.82, 2.24) is 0 Å². The third-order valence-electron chi connectivity index (χ3n) is 3.14. The van der Waals surface area contributed by atoms with E-state index in [0.29, 0.717) is 11.3 Å². The molecule has 0 aliphatic rings. The zero-order chi connectivity index (χ0) is 15.6.